The number of aromatic nitrogens is 1. The third-order valence-electron chi connectivity index (χ3n) is 9.73. The van der Waals surface area contributed by atoms with Crippen molar-refractivity contribution < 1.29 is 59.7 Å². The molecular weight excluding hydrogens is 749 g/mol. The molecule has 0 unspecified atom stereocenters. The quantitative estimate of drug-likeness (QED) is 0.145. The van der Waals surface area contributed by atoms with Gasteiger partial charge in [-0.2, -0.15) is 26.3 Å². The number of thiophene rings is 1. The lowest BCUT2D eigenvalue weighted by molar-refractivity contribution is -0.161. The Balaban J connectivity index is 1.49. The van der Waals surface area contributed by atoms with E-state index in [1.165, 1.54) is 23.1 Å². The smallest absolute Gasteiger partial charge is 0.425 e. The number of piperidine rings is 2. The first kappa shape index (κ1) is 40.7. The highest BCUT2D eigenvalue weighted by molar-refractivity contribution is 7.10. The van der Waals surface area contributed by atoms with E-state index in [0.717, 1.165) is 34.7 Å². The standard InChI is InChI=1S/C36H39F7N4O6S/c1-2-6-27-34(53-23-20-28(54-21-23)36(41,42)43,11-5-15-47(27)31(50)30-24(35(38,39)40)7-3-14-45-30)32(51)46-16-12-33(44,13-17-46)25-19-22(37)9-10-26(25)52-18-4-8-29(48)49/h3,7,9-10,14,19-21,27H,2,4-6,8,11-13,15-18,44H2,1H3,(H,48,49)/t27-,34+/m1/s1. The Kier molecular flexibility index (Phi) is 12.1. The normalized spacial score (nSPS) is 20.4. The lowest BCUT2D eigenvalue weighted by Crippen LogP contribution is -2.69. The van der Waals surface area contributed by atoms with Gasteiger partial charge in [-0.25, -0.2) is 4.39 Å². The minimum absolute atomic E-state index is 0.0150. The van der Waals surface area contributed by atoms with Crippen LogP contribution in [0, 0.1) is 5.82 Å². The molecule has 3 aromatic rings. The number of alkyl halides is 6. The molecule has 0 aliphatic carbocycles. The highest BCUT2D eigenvalue weighted by Crippen LogP contribution is 2.44. The van der Waals surface area contributed by atoms with Gasteiger partial charge in [0.15, 0.2) is 0 Å². The lowest BCUT2D eigenvalue weighted by Gasteiger charge is -2.51. The maximum absolute atomic E-state index is 14.9. The van der Waals surface area contributed by atoms with E-state index in [0.29, 0.717) is 23.3 Å². The number of carboxylic acids is 1. The number of nitrogens with two attached hydrogens (primary N) is 1. The molecule has 3 N–H and O–H groups in total. The van der Waals surface area contributed by atoms with E-state index in [4.69, 9.17) is 20.3 Å². The van der Waals surface area contributed by atoms with Crippen molar-refractivity contribution in [2.24, 2.45) is 5.73 Å². The third-order valence-corrected chi connectivity index (χ3v) is 10.7. The molecule has 1 aromatic carbocycles. The topological polar surface area (TPSA) is 135 Å². The second-order valence-electron chi connectivity index (χ2n) is 13.4. The summed E-state index contributed by atoms with van der Waals surface area (Å²) in [6.45, 7) is 1.58. The predicted molar refractivity (Wildman–Crippen MR) is 181 cm³/mol. The molecule has 2 aliphatic heterocycles. The fraction of sp³-hybridized carbons (Fsp3) is 0.500. The number of carbonyl (C=O) groups is 3. The van der Waals surface area contributed by atoms with Crippen molar-refractivity contribution in [3.05, 3.63) is 75.5 Å². The number of hydrogen-bond acceptors (Lipinski definition) is 8. The summed E-state index contributed by atoms with van der Waals surface area (Å²) in [5.41, 5.74) is 1.71. The predicted octanol–water partition coefficient (Wildman–Crippen LogP) is 7.26. The van der Waals surface area contributed by atoms with Crippen LogP contribution in [0.15, 0.2) is 48.0 Å². The van der Waals surface area contributed by atoms with Gasteiger partial charge in [0.2, 0.25) is 5.60 Å². The van der Waals surface area contributed by atoms with Crippen LogP contribution < -0.4 is 15.2 Å². The number of ether oxygens (including phenoxy) is 2. The van der Waals surface area contributed by atoms with Gasteiger partial charge in [-0.1, -0.05) is 13.3 Å². The summed E-state index contributed by atoms with van der Waals surface area (Å²) < 4.78 is 110. The van der Waals surface area contributed by atoms with Crippen molar-refractivity contribution in [3.8, 4) is 11.5 Å². The molecule has 5 rings (SSSR count). The number of halogens is 7. The maximum Gasteiger partial charge on any atom is 0.425 e. The molecule has 2 aromatic heterocycles. The zero-order valence-electron chi connectivity index (χ0n) is 29.1. The molecule has 0 bridgehead atoms. The Morgan fingerprint density at radius 1 is 1.04 bits per heavy atom. The average Bonchev–Trinajstić information content (AvgIpc) is 3.60. The van der Waals surface area contributed by atoms with Crippen molar-refractivity contribution in [3.63, 3.8) is 0 Å². The largest absolute Gasteiger partial charge is 0.493 e. The molecule has 0 spiro atoms. The van der Waals surface area contributed by atoms with Crippen molar-refractivity contribution in [1.82, 2.24) is 14.8 Å². The Labute approximate surface area is 310 Å². The summed E-state index contributed by atoms with van der Waals surface area (Å²) in [5.74, 6) is -3.48. The van der Waals surface area contributed by atoms with E-state index in [-0.39, 0.29) is 82.7 Å². The number of carboxylic acid groups (broad SMARTS) is 1. The van der Waals surface area contributed by atoms with Gasteiger partial charge in [-0.3, -0.25) is 19.4 Å². The number of amides is 2. The van der Waals surface area contributed by atoms with E-state index in [2.05, 4.69) is 4.98 Å². The molecule has 2 atom stereocenters. The molecule has 2 amide bonds. The minimum atomic E-state index is -4.93. The first-order valence-electron chi connectivity index (χ1n) is 17.3. The van der Waals surface area contributed by atoms with E-state index in [1.807, 2.05) is 0 Å². The van der Waals surface area contributed by atoms with E-state index >= 15 is 0 Å². The van der Waals surface area contributed by atoms with Gasteiger partial charge in [0.25, 0.3) is 11.8 Å². The lowest BCUT2D eigenvalue weighted by atomic mass is 9.77. The SMILES string of the molecule is CCC[C@H]1N(C(=O)c2ncccc2C(F)(F)F)CCC[C@@]1(Oc1csc(C(F)(F)F)c1)C(=O)N1CCC(N)(c2cc(F)ccc2OCCCC(=O)O)CC1. The number of rotatable bonds is 12. The zero-order valence-corrected chi connectivity index (χ0v) is 30.0. The van der Waals surface area contributed by atoms with Crippen LogP contribution in [0.2, 0.25) is 0 Å². The molecule has 2 aliphatic rings. The summed E-state index contributed by atoms with van der Waals surface area (Å²) >= 11 is 0.344. The molecule has 2 fully saturated rings. The summed E-state index contributed by atoms with van der Waals surface area (Å²) in [5, 5.41) is 10.0. The van der Waals surface area contributed by atoms with Crippen molar-refractivity contribution in [2.45, 2.75) is 87.8 Å². The summed E-state index contributed by atoms with van der Waals surface area (Å²) in [4.78, 5) is 45.1. The van der Waals surface area contributed by atoms with Crippen LogP contribution in [-0.2, 0) is 27.5 Å². The van der Waals surface area contributed by atoms with Gasteiger partial charge < -0.3 is 30.1 Å². The number of carbonyl (C=O) groups excluding carboxylic acids is 2. The molecule has 0 saturated carbocycles. The second kappa shape index (κ2) is 16.1. The molecule has 294 valence electrons. The fourth-order valence-electron chi connectivity index (χ4n) is 7.14. The van der Waals surface area contributed by atoms with Crippen LogP contribution in [0.4, 0.5) is 30.7 Å². The van der Waals surface area contributed by atoms with Gasteiger partial charge in [0.05, 0.1) is 18.2 Å². The summed E-state index contributed by atoms with van der Waals surface area (Å²) in [7, 11) is 0. The first-order chi connectivity index (χ1) is 25.4. The third kappa shape index (κ3) is 8.74. The maximum atomic E-state index is 14.9. The highest BCUT2D eigenvalue weighted by atomic mass is 32.1. The Hall–Kier alpha value is -4.45. The van der Waals surface area contributed by atoms with Gasteiger partial charge in [0.1, 0.15) is 27.9 Å². The Morgan fingerprint density at radius 2 is 1.76 bits per heavy atom. The Bertz CT molecular complexity index is 1830. The van der Waals surface area contributed by atoms with Crippen molar-refractivity contribution in [1.29, 1.82) is 0 Å². The van der Waals surface area contributed by atoms with Gasteiger partial charge in [-0.15, -0.1) is 11.3 Å². The number of benzene rings is 1. The van der Waals surface area contributed by atoms with Crippen LogP contribution in [0.25, 0.3) is 0 Å². The molecule has 0 radical (unpaired) electrons. The van der Waals surface area contributed by atoms with Crippen LogP contribution in [-0.4, -0.2) is 75.6 Å². The highest BCUT2D eigenvalue weighted by Gasteiger charge is 2.56. The van der Waals surface area contributed by atoms with Crippen LogP contribution in [0.5, 0.6) is 11.5 Å². The van der Waals surface area contributed by atoms with E-state index in [1.54, 1.807) is 6.92 Å². The van der Waals surface area contributed by atoms with Gasteiger partial charge in [0, 0.05) is 61.2 Å². The number of hydrogen-bond donors (Lipinski definition) is 2. The number of likely N-dealkylation sites (tertiary alicyclic amines) is 2. The van der Waals surface area contributed by atoms with Crippen molar-refractivity contribution in [2.75, 3.05) is 26.2 Å². The van der Waals surface area contributed by atoms with Gasteiger partial charge >= 0.3 is 18.3 Å². The minimum Gasteiger partial charge on any atom is -0.493 e. The monoisotopic (exact) mass is 788 g/mol. The van der Waals surface area contributed by atoms with Crippen LogP contribution in [0.1, 0.15) is 84.8 Å². The average molecular weight is 789 g/mol. The van der Waals surface area contributed by atoms with Gasteiger partial charge in [-0.05, 0) is 62.4 Å². The van der Waals surface area contributed by atoms with E-state index in [9.17, 15) is 45.1 Å². The first-order valence-corrected chi connectivity index (χ1v) is 18.2. The molecule has 2 saturated heterocycles. The molecule has 18 heteroatoms. The molecule has 54 heavy (non-hydrogen) atoms. The molecular formula is C36H39F7N4O6S. The second-order valence-corrected chi connectivity index (χ2v) is 14.3. The fourth-order valence-corrected chi connectivity index (χ4v) is 7.82. The number of pyridine rings is 1. The van der Waals surface area contributed by atoms with Crippen LogP contribution >= 0.6 is 11.3 Å². The van der Waals surface area contributed by atoms with E-state index < -0.39 is 69.3 Å². The summed E-state index contributed by atoms with van der Waals surface area (Å²) in [6, 6.07) is 5.04. The number of nitrogens with zero attached hydrogens (tertiary/aromatic N) is 3. The van der Waals surface area contributed by atoms with Crippen LogP contribution in [0.3, 0.4) is 0 Å². The van der Waals surface area contributed by atoms with Crippen molar-refractivity contribution >= 4 is 29.1 Å². The molecule has 4 heterocycles. The Morgan fingerprint density at radius 3 is 2.39 bits per heavy atom. The zero-order chi connectivity index (χ0) is 39.5. The summed E-state index contributed by atoms with van der Waals surface area (Å²) in [6.07, 6.45) is -8.12. The number of aliphatic carboxylic acids is 1. The molecule has 10 nitrogen and oxygen atoms in total.